The molecule has 1 aliphatic rings. The van der Waals surface area contributed by atoms with Crippen molar-refractivity contribution in [3.05, 3.63) is 30.5 Å². The Bertz CT molecular complexity index is 662. The second kappa shape index (κ2) is 5.60. The van der Waals surface area contributed by atoms with Gasteiger partial charge in [-0.2, -0.15) is 0 Å². The van der Waals surface area contributed by atoms with E-state index in [0.29, 0.717) is 5.84 Å². The minimum absolute atomic E-state index is 0.214. The van der Waals surface area contributed by atoms with E-state index in [4.69, 9.17) is 15.9 Å². The second-order valence-corrected chi connectivity index (χ2v) is 5.44. The molecule has 1 aliphatic heterocycles. The van der Waals surface area contributed by atoms with Crippen molar-refractivity contribution in [2.24, 2.45) is 11.7 Å². The number of ether oxygens (including phenoxy) is 1. The molecular weight excluding hydrogens is 264 g/mol. The molecule has 0 atom stereocenters. The largest absolute Gasteiger partial charge is 0.497 e. The fraction of sp³-hybridized carbons (Fsp3) is 0.375. The highest BCUT2D eigenvalue weighted by atomic mass is 16.5. The molecule has 1 fully saturated rings. The van der Waals surface area contributed by atoms with Gasteiger partial charge in [-0.15, -0.1) is 0 Å². The number of benzene rings is 1. The van der Waals surface area contributed by atoms with Crippen LogP contribution in [-0.4, -0.2) is 31.0 Å². The first-order valence-corrected chi connectivity index (χ1v) is 7.20. The monoisotopic (exact) mass is 284 g/mol. The third kappa shape index (κ3) is 2.63. The molecule has 0 radical (unpaired) electrons. The molecule has 1 saturated heterocycles. The third-order valence-electron chi connectivity index (χ3n) is 4.19. The van der Waals surface area contributed by atoms with Gasteiger partial charge in [0.2, 0.25) is 0 Å². The van der Waals surface area contributed by atoms with Gasteiger partial charge >= 0.3 is 0 Å². The first-order chi connectivity index (χ1) is 10.2. The van der Waals surface area contributed by atoms with Crippen LogP contribution in [-0.2, 0) is 0 Å². The van der Waals surface area contributed by atoms with E-state index >= 15 is 0 Å². The highest BCUT2D eigenvalue weighted by Crippen LogP contribution is 2.30. The second-order valence-electron chi connectivity index (χ2n) is 5.44. The average Bonchev–Trinajstić information content (AvgIpc) is 2.54. The zero-order valence-corrected chi connectivity index (χ0v) is 12.2. The molecule has 2 aromatic rings. The van der Waals surface area contributed by atoms with Crippen molar-refractivity contribution in [2.45, 2.75) is 12.8 Å². The maximum atomic E-state index is 7.57. The molecule has 2 heterocycles. The van der Waals surface area contributed by atoms with Gasteiger partial charge in [0.25, 0.3) is 0 Å². The lowest BCUT2D eigenvalue weighted by Crippen LogP contribution is -2.38. The van der Waals surface area contributed by atoms with Gasteiger partial charge in [-0.25, -0.2) is 4.98 Å². The molecule has 0 bridgehead atoms. The Kier molecular flexibility index (Phi) is 3.64. The van der Waals surface area contributed by atoms with E-state index in [9.17, 15) is 0 Å². The highest BCUT2D eigenvalue weighted by Gasteiger charge is 2.23. The van der Waals surface area contributed by atoms with Gasteiger partial charge in [0, 0.05) is 30.6 Å². The highest BCUT2D eigenvalue weighted by molar-refractivity contribution is 5.93. The molecule has 5 nitrogen and oxygen atoms in total. The van der Waals surface area contributed by atoms with E-state index in [1.165, 1.54) is 0 Å². The summed E-state index contributed by atoms with van der Waals surface area (Å²) in [5.74, 6) is 2.36. The normalized spacial score (nSPS) is 16.1. The lowest BCUT2D eigenvalue weighted by molar-refractivity contribution is 0.415. The number of aromatic nitrogens is 1. The number of methoxy groups -OCH3 is 1. The van der Waals surface area contributed by atoms with E-state index in [-0.39, 0.29) is 5.92 Å². The standard InChI is InChI=1S/C16H20N4O/c1-21-13-3-2-11-4-7-19-16(14(11)10-13)20-8-5-12(6-9-20)15(17)18/h2-4,7,10,12H,5-6,8-9H2,1H3,(H3,17,18). The summed E-state index contributed by atoms with van der Waals surface area (Å²) in [7, 11) is 1.68. The number of hydrogen-bond acceptors (Lipinski definition) is 4. The first-order valence-electron chi connectivity index (χ1n) is 7.20. The molecule has 1 aromatic carbocycles. The lowest BCUT2D eigenvalue weighted by Gasteiger charge is -2.32. The molecule has 0 saturated carbocycles. The molecule has 3 rings (SSSR count). The lowest BCUT2D eigenvalue weighted by atomic mass is 9.95. The molecule has 0 spiro atoms. The third-order valence-corrected chi connectivity index (χ3v) is 4.19. The molecule has 21 heavy (non-hydrogen) atoms. The molecular formula is C16H20N4O. The van der Waals surface area contributed by atoms with Crippen LogP contribution in [0.25, 0.3) is 10.8 Å². The van der Waals surface area contributed by atoms with Crippen LogP contribution in [0.3, 0.4) is 0 Å². The number of piperidine rings is 1. The summed E-state index contributed by atoms with van der Waals surface area (Å²) in [5, 5.41) is 9.84. The van der Waals surface area contributed by atoms with Crippen LogP contribution in [0, 0.1) is 11.3 Å². The van der Waals surface area contributed by atoms with E-state index in [0.717, 1.165) is 48.3 Å². The van der Waals surface area contributed by atoms with Crippen LogP contribution in [0.5, 0.6) is 5.75 Å². The number of hydrogen-bond donors (Lipinski definition) is 2. The number of nitrogens with zero attached hydrogens (tertiary/aromatic N) is 2. The zero-order chi connectivity index (χ0) is 14.8. The Morgan fingerprint density at radius 3 is 2.76 bits per heavy atom. The van der Waals surface area contributed by atoms with Gasteiger partial charge in [-0.1, -0.05) is 6.07 Å². The van der Waals surface area contributed by atoms with E-state index < -0.39 is 0 Å². The van der Waals surface area contributed by atoms with Gasteiger partial charge < -0.3 is 15.4 Å². The van der Waals surface area contributed by atoms with Crippen molar-refractivity contribution in [1.29, 1.82) is 5.41 Å². The van der Waals surface area contributed by atoms with Crippen molar-refractivity contribution in [1.82, 2.24) is 4.98 Å². The number of nitrogens with one attached hydrogen (secondary N) is 1. The van der Waals surface area contributed by atoms with Crippen molar-refractivity contribution in [2.75, 3.05) is 25.1 Å². The minimum atomic E-state index is 0.214. The van der Waals surface area contributed by atoms with Crippen LogP contribution >= 0.6 is 0 Å². The maximum absolute atomic E-state index is 7.57. The molecule has 3 N–H and O–H groups in total. The molecule has 0 unspecified atom stereocenters. The number of anilines is 1. The predicted octanol–water partition coefficient (Wildman–Crippen LogP) is 2.40. The van der Waals surface area contributed by atoms with Crippen LogP contribution in [0.15, 0.2) is 30.5 Å². The average molecular weight is 284 g/mol. The number of pyridine rings is 1. The zero-order valence-electron chi connectivity index (χ0n) is 12.2. The Balaban J connectivity index is 1.92. The van der Waals surface area contributed by atoms with Crippen LogP contribution in [0.4, 0.5) is 5.82 Å². The number of fused-ring (bicyclic) bond motifs is 1. The first kappa shape index (κ1) is 13.7. The van der Waals surface area contributed by atoms with Gasteiger partial charge in [0.1, 0.15) is 11.6 Å². The van der Waals surface area contributed by atoms with Crippen molar-refractivity contribution in [3.8, 4) is 5.75 Å². The summed E-state index contributed by atoms with van der Waals surface area (Å²) in [6, 6.07) is 8.07. The van der Waals surface area contributed by atoms with Crippen LogP contribution in [0.1, 0.15) is 12.8 Å². The SMILES string of the molecule is COc1ccc2ccnc(N3CCC(C(=N)N)CC3)c2c1. The van der Waals surface area contributed by atoms with Crippen molar-refractivity contribution >= 4 is 22.4 Å². The van der Waals surface area contributed by atoms with E-state index in [1.54, 1.807) is 7.11 Å². The van der Waals surface area contributed by atoms with E-state index in [2.05, 4.69) is 16.0 Å². The summed E-state index contributed by atoms with van der Waals surface area (Å²) in [5.41, 5.74) is 5.61. The number of amidine groups is 1. The quantitative estimate of drug-likeness (QED) is 0.670. The smallest absolute Gasteiger partial charge is 0.136 e. The van der Waals surface area contributed by atoms with Crippen molar-refractivity contribution in [3.63, 3.8) is 0 Å². The summed E-state index contributed by atoms with van der Waals surface area (Å²) in [6.45, 7) is 1.77. The Hall–Kier alpha value is -2.30. The summed E-state index contributed by atoms with van der Waals surface area (Å²) in [4.78, 5) is 6.84. The molecule has 0 aliphatic carbocycles. The Morgan fingerprint density at radius 2 is 2.10 bits per heavy atom. The minimum Gasteiger partial charge on any atom is -0.497 e. The van der Waals surface area contributed by atoms with Gasteiger partial charge in [-0.05, 0) is 36.4 Å². The molecule has 0 amide bonds. The van der Waals surface area contributed by atoms with E-state index in [1.807, 2.05) is 24.4 Å². The number of rotatable bonds is 3. The van der Waals surface area contributed by atoms with Crippen molar-refractivity contribution < 1.29 is 4.74 Å². The molecule has 110 valence electrons. The maximum Gasteiger partial charge on any atom is 0.136 e. The topological polar surface area (TPSA) is 75.2 Å². The summed E-state index contributed by atoms with van der Waals surface area (Å²) in [6.07, 6.45) is 3.68. The van der Waals surface area contributed by atoms with Crippen LogP contribution in [0.2, 0.25) is 0 Å². The summed E-state index contributed by atoms with van der Waals surface area (Å²) >= 11 is 0. The number of nitrogens with two attached hydrogens (primary N) is 1. The fourth-order valence-electron chi connectivity index (χ4n) is 2.91. The molecule has 5 heteroatoms. The van der Waals surface area contributed by atoms with Crippen LogP contribution < -0.4 is 15.4 Å². The Morgan fingerprint density at radius 1 is 1.33 bits per heavy atom. The fourth-order valence-corrected chi connectivity index (χ4v) is 2.91. The van der Waals surface area contributed by atoms with Gasteiger partial charge in [-0.3, -0.25) is 5.41 Å². The summed E-state index contributed by atoms with van der Waals surface area (Å²) < 4.78 is 5.32. The van der Waals surface area contributed by atoms with Gasteiger partial charge in [0.15, 0.2) is 0 Å². The van der Waals surface area contributed by atoms with Gasteiger partial charge in [0.05, 0.1) is 12.9 Å². The molecule has 1 aromatic heterocycles. The Labute approximate surface area is 124 Å². The predicted molar refractivity (Wildman–Crippen MR) is 85.1 cm³/mol.